The smallest absolute Gasteiger partial charge is 0.265 e. The monoisotopic (exact) mass is 355 g/mol. The Morgan fingerprint density at radius 2 is 1.72 bits per heavy atom. The fourth-order valence-electron chi connectivity index (χ4n) is 3.66. The topological polar surface area (TPSA) is 70.2 Å². The van der Waals surface area contributed by atoms with Crippen LogP contribution in [0.4, 0.5) is 11.4 Å². The van der Waals surface area contributed by atoms with E-state index in [1.54, 1.807) is 6.07 Å². The Kier molecular flexibility index (Phi) is 4.31. The van der Waals surface area contributed by atoms with Crippen LogP contribution in [0.15, 0.2) is 41.8 Å². The van der Waals surface area contributed by atoms with Gasteiger partial charge in [0.05, 0.1) is 4.88 Å². The molecule has 0 bridgehead atoms. The summed E-state index contributed by atoms with van der Waals surface area (Å²) in [5.74, 6) is 0.155. The minimum Gasteiger partial charge on any atom is -0.326 e. The maximum atomic E-state index is 12.5. The van der Waals surface area contributed by atoms with Gasteiger partial charge in [0.25, 0.3) is 5.91 Å². The molecule has 2 aliphatic rings. The molecule has 1 aromatic heterocycles. The molecule has 1 atom stereocenters. The molecule has 2 heterocycles. The third-order valence-electron chi connectivity index (χ3n) is 5.26. The minimum absolute atomic E-state index is 0.113. The van der Waals surface area contributed by atoms with E-state index in [1.807, 2.05) is 35.7 Å². The molecular weight excluding hydrogens is 334 g/mol. The summed E-state index contributed by atoms with van der Waals surface area (Å²) in [5, 5.41) is 11.1. The Hall–Kier alpha value is -2.18. The number of benzene rings is 1. The van der Waals surface area contributed by atoms with E-state index in [2.05, 4.69) is 16.0 Å². The molecule has 2 fully saturated rings. The second-order valence-corrected chi connectivity index (χ2v) is 7.81. The average Bonchev–Trinajstić information content (AvgIpc) is 3.07. The summed E-state index contributed by atoms with van der Waals surface area (Å²) in [6.45, 7) is 2.03. The third-order valence-corrected chi connectivity index (χ3v) is 6.13. The van der Waals surface area contributed by atoms with Gasteiger partial charge in [0, 0.05) is 17.3 Å². The zero-order valence-electron chi connectivity index (χ0n) is 13.9. The number of hydrogen-bond acceptors (Lipinski definition) is 4. The van der Waals surface area contributed by atoms with E-state index in [4.69, 9.17) is 0 Å². The lowest BCUT2D eigenvalue weighted by molar-refractivity contribution is -0.118. The number of carbonyl (C=O) groups is 2. The first kappa shape index (κ1) is 16.3. The highest BCUT2D eigenvalue weighted by Gasteiger charge is 2.57. The molecule has 1 saturated carbocycles. The molecule has 6 heteroatoms. The zero-order chi connectivity index (χ0) is 17.3. The van der Waals surface area contributed by atoms with Gasteiger partial charge in [0.2, 0.25) is 5.91 Å². The van der Waals surface area contributed by atoms with Crippen LogP contribution in [0.5, 0.6) is 0 Å². The van der Waals surface area contributed by atoms with Crippen LogP contribution in [0.25, 0.3) is 0 Å². The zero-order valence-corrected chi connectivity index (χ0v) is 14.7. The number of carbonyl (C=O) groups excluding carboxylic acids is 2. The number of thiophene rings is 1. The van der Waals surface area contributed by atoms with Gasteiger partial charge in [-0.05, 0) is 73.5 Å². The number of anilines is 2. The minimum atomic E-state index is -0.113. The lowest BCUT2D eigenvalue weighted by Crippen LogP contribution is -2.31. The quantitative estimate of drug-likeness (QED) is 0.788. The fraction of sp³-hybridized carbons (Fsp3) is 0.368. The van der Waals surface area contributed by atoms with Crippen molar-refractivity contribution in [3.05, 3.63) is 46.7 Å². The first-order valence-corrected chi connectivity index (χ1v) is 9.51. The van der Waals surface area contributed by atoms with Gasteiger partial charge in [-0.2, -0.15) is 0 Å². The highest BCUT2D eigenvalue weighted by molar-refractivity contribution is 7.12. The molecular formula is C19H21N3O2S. The summed E-state index contributed by atoms with van der Waals surface area (Å²) in [5.41, 5.74) is 1.73. The lowest BCUT2D eigenvalue weighted by atomic mass is 9.92. The van der Waals surface area contributed by atoms with Gasteiger partial charge in [0.15, 0.2) is 0 Å². The van der Waals surface area contributed by atoms with E-state index in [1.165, 1.54) is 11.3 Å². The fourth-order valence-corrected chi connectivity index (χ4v) is 4.28. The molecule has 1 spiro atoms. The van der Waals surface area contributed by atoms with Crippen molar-refractivity contribution in [2.24, 2.45) is 11.3 Å². The van der Waals surface area contributed by atoms with Crippen LogP contribution >= 0.6 is 11.3 Å². The van der Waals surface area contributed by atoms with Crippen molar-refractivity contribution >= 4 is 34.5 Å². The van der Waals surface area contributed by atoms with Crippen LogP contribution in [0.2, 0.25) is 0 Å². The summed E-state index contributed by atoms with van der Waals surface area (Å²) in [6, 6.07) is 10.9. The average molecular weight is 355 g/mol. The molecule has 1 saturated heterocycles. The molecule has 3 N–H and O–H groups in total. The predicted molar refractivity (Wildman–Crippen MR) is 100.0 cm³/mol. The number of rotatable bonds is 4. The second-order valence-electron chi connectivity index (χ2n) is 6.87. The van der Waals surface area contributed by atoms with Gasteiger partial charge in [-0.25, -0.2) is 0 Å². The van der Waals surface area contributed by atoms with Crippen molar-refractivity contribution in [2.45, 2.75) is 19.3 Å². The first-order chi connectivity index (χ1) is 12.2. The van der Waals surface area contributed by atoms with Crippen molar-refractivity contribution < 1.29 is 9.59 Å². The van der Waals surface area contributed by atoms with Crippen molar-refractivity contribution in [1.82, 2.24) is 5.32 Å². The van der Waals surface area contributed by atoms with Crippen molar-refractivity contribution in [3.8, 4) is 0 Å². The molecule has 130 valence electrons. The van der Waals surface area contributed by atoms with E-state index in [-0.39, 0.29) is 23.1 Å². The molecule has 1 aromatic carbocycles. The maximum absolute atomic E-state index is 12.5. The summed E-state index contributed by atoms with van der Waals surface area (Å²) in [7, 11) is 0. The Morgan fingerprint density at radius 1 is 1.04 bits per heavy atom. The van der Waals surface area contributed by atoms with Gasteiger partial charge >= 0.3 is 0 Å². The molecule has 2 aromatic rings. The number of nitrogens with one attached hydrogen (secondary N) is 3. The van der Waals surface area contributed by atoms with Crippen LogP contribution < -0.4 is 16.0 Å². The van der Waals surface area contributed by atoms with Gasteiger partial charge in [-0.3, -0.25) is 9.59 Å². The maximum Gasteiger partial charge on any atom is 0.265 e. The largest absolute Gasteiger partial charge is 0.326 e. The Balaban J connectivity index is 1.33. The third kappa shape index (κ3) is 3.45. The molecule has 5 nitrogen and oxygen atoms in total. The first-order valence-electron chi connectivity index (χ1n) is 8.63. The summed E-state index contributed by atoms with van der Waals surface area (Å²) in [4.78, 5) is 25.2. The highest BCUT2D eigenvalue weighted by Crippen LogP contribution is 2.58. The Labute approximate surface area is 150 Å². The predicted octanol–water partition coefficient (Wildman–Crippen LogP) is 3.33. The molecule has 1 aliphatic heterocycles. The van der Waals surface area contributed by atoms with E-state index >= 15 is 0 Å². The van der Waals surface area contributed by atoms with Crippen molar-refractivity contribution in [1.29, 1.82) is 0 Å². The van der Waals surface area contributed by atoms with Crippen LogP contribution in [0.1, 0.15) is 28.9 Å². The summed E-state index contributed by atoms with van der Waals surface area (Å²) in [6.07, 6.45) is 3.20. The highest BCUT2D eigenvalue weighted by atomic mass is 32.1. The number of amides is 2. The molecule has 25 heavy (non-hydrogen) atoms. The van der Waals surface area contributed by atoms with Crippen LogP contribution in [-0.2, 0) is 4.79 Å². The molecule has 2 amide bonds. The Morgan fingerprint density at radius 3 is 2.36 bits per heavy atom. The van der Waals surface area contributed by atoms with Crippen molar-refractivity contribution in [3.63, 3.8) is 0 Å². The van der Waals surface area contributed by atoms with Gasteiger partial charge < -0.3 is 16.0 Å². The van der Waals surface area contributed by atoms with Crippen LogP contribution in [-0.4, -0.2) is 24.9 Å². The van der Waals surface area contributed by atoms with E-state index in [0.29, 0.717) is 4.88 Å². The Bertz CT molecular complexity index is 764. The SMILES string of the molecule is O=C(Nc1ccc(NC(=O)C2CC23CCNCC3)cc1)c1cccs1. The molecule has 0 radical (unpaired) electrons. The molecule has 4 rings (SSSR count). The van der Waals surface area contributed by atoms with Gasteiger partial charge in [0.1, 0.15) is 0 Å². The number of hydrogen-bond donors (Lipinski definition) is 3. The van der Waals surface area contributed by atoms with Crippen LogP contribution in [0.3, 0.4) is 0 Å². The van der Waals surface area contributed by atoms with Crippen molar-refractivity contribution in [2.75, 3.05) is 23.7 Å². The summed E-state index contributed by atoms with van der Waals surface area (Å²) >= 11 is 1.41. The molecule has 1 aliphatic carbocycles. The normalized spacial score (nSPS) is 20.9. The lowest BCUT2D eigenvalue weighted by Gasteiger charge is -2.23. The molecule has 1 unspecified atom stereocenters. The van der Waals surface area contributed by atoms with Crippen LogP contribution in [0, 0.1) is 11.3 Å². The van der Waals surface area contributed by atoms with E-state index < -0.39 is 0 Å². The van der Waals surface area contributed by atoms with Gasteiger partial charge in [-0.15, -0.1) is 11.3 Å². The van der Waals surface area contributed by atoms with E-state index in [0.717, 1.165) is 43.7 Å². The van der Waals surface area contributed by atoms with Gasteiger partial charge in [-0.1, -0.05) is 6.07 Å². The second kappa shape index (κ2) is 6.61. The van der Waals surface area contributed by atoms with E-state index in [9.17, 15) is 9.59 Å². The standard InChI is InChI=1S/C19H21N3O2S/c23-17(15-12-19(15)7-9-20-10-8-19)21-13-3-5-14(6-4-13)22-18(24)16-2-1-11-25-16/h1-6,11,15,20H,7-10,12H2,(H,21,23)(H,22,24). The number of piperidine rings is 1. The summed E-state index contributed by atoms with van der Waals surface area (Å²) < 4.78 is 0.